The van der Waals surface area contributed by atoms with Gasteiger partial charge < -0.3 is 15.4 Å². The highest BCUT2D eigenvalue weighted by atomic mass is 35.5. The van der Waals surface area contributed by atoms with Crippen LogP contribution in [-0.2, 0) is 11.3 Å². The van der Waals surface area contributed by atoms with E-state index in [4.69, 9.17) is 27.9 Å². The molecule has 0 aliphatic carbocycles. The maximum atomic E-state index is 13.2. The van der Waals surface area contributed by atoms with Crippen LogP contribution in [-0.4, -0.2) is 12.5 Å². The zero-order valence-corrected chi connectivity index (χ0v) is 17.1. The molecule has 0 unspecified atom stereocenters. The Hall–Kier alpha value is -2.76. The number of aryl methyl sites for hydroxylation is 1. The summed E-state index contributed by atoms with van der Waals surface area (Å²) in [5.74, 6) is -0.321. The second-order valence-corrected chi connectivity index (χ2v) is 7.27. The van der Waals surface area contributed by atoms with E-state index in [1.165, 1.54) is 12.1 Å². The molecule has 0 aliphatic rings. The van der Waals surface area contributed by atoms with E-state index < -0.39 is 5.82 Å². The fourth-order valence-corrected chi connectivity index (χ4v) is 3.08. The number of rotatable bonds is 7. The normalized spacial score (nSPS) is 10.5. The lowest BCUT2D eigenvalue weighted by atomic mass is 10.2. The van der Waals surface area contributed by atoms with Gasteiger partial charge in [0.25, 0.3) is 5.91 Å². The van der Waals surface area contributed by atoms with E-state index in [0.717, 1.165) is 11.1 Å². The first-order valence-corrected chi connectivity index (χ1v) is 9.63. The molecule has 150 valence electrons. The number of halogens is 3. The van der Waals surface area contributed by atoms with E-state index in [-0.39, 0.29) is 17.5 Å². The van der Waals surface area contributed by atoms with Gasteiger partial charge in [-0.2, -0.15) is 0 Å². The fraction of sp³-hybridized carbons (Fsp3) is 0.136. The summed E-state index contributed by atoms with van der Waals surface area (Å²) in [6, 6.07) is 17.2. The van der Waals surface area contributed by atoms with Crippen molar-refractivity contribution in [3.05, 3.63) is 87.7 Å². The Balaban J connectivity index is 1.53. The minimum Gasteiger partial charge on any atom is -0.482 e. The number of hydrogen-bond donors (Lipinski definition) is 2. The molecule has 0 saturated carbocycles. The molecule has 2 N–H and O–H groups in total. The van der Waals surface area contributed by atoms with Gasteiger partial charge in [0, 0.05) is 17.9 Å². The Labute approximate surface area is 178 Å². The largest absolute Gasteiger partial charge is 0.482 e. The minimum atomic E-state index is -0.465. The van der Waals surface area contributed by atoms with Gasteiger partial charge in [-0.15, -0.1) is 0 Å². The van der Waals surface area contributed by atoms with Crippen molar-refractivity contribution in [3.8, 4) is 5.75 Å². The van der Waals surface area contributed by atoms with Crippen molar-refractivity contribution < 1.29 is 13.9 Å². The zero-order valence-electron chi connectivity index (χ0n) is 15.6. The lowest BCUT2D eigenvalue weighted by Crippen LogP contribution is -2.20. The molecule has 3 aromatic rings. The van der Waals surface area contributed by atoms with Crippen molar-refractivity contribution in [2.24, 2.45) is 0 Å². The lowest BCUT2D eigenvalue weighted by Gasteiger charge is -2.11. The molecule has 0 fully saturated rings. The van der Waals surface area contributed by atoms with Crippen molar-refractivity contribution in [3.63, 3.8) is 0 Å². The number of hydrogen-bond acceptors (Lipinski definition) is 3. The second kappa shape index (κ2) is 9.63. The highest BCUT2D eigenvalue weighted by molar-refractivity contribution is 6.32. The third-order valence-corrected chi connectivity index (χ3v) is 4.66. The molecule has 4 nitrogen and oxygen atoms in total. The molecular weight excluding hydrogens is 414 g/mol. The first-order chi connectivity index (χ1) is 13.9. The molecule has 0 aromatic heterocycles. The molecule has 7 heteroatoms. The predicted octanol–water partition coefficient (Wildman–Crippen LogP) is 6.07. The van der Waals surface area contributed by atoms with Gasteiger partial charge in [-0.05, 0) is 60.5 Å². The predicted molar refractivity (Wildman–Crippen MR) is 115 cm³/mol. The van der Waals surface area contributed by atoms with Crippen molar-refractivity contribution in [1.82, 2.24) is 0 Å². The van der Waals surface area contributed by atoms with E-state index >= 15 is 0 Å². The van der Waals surface area contributed by atoms with Crippen LogP contribution in [0.5, 0.6) is 5.75 Å². The first kappa shape index (κ1) is 21.0. The zero-order chi connectivity index (χ0) is 20.8. The lowest BCUT2D eigenvalue weighted by molar-refractivity contribution is -0.118. The second-order valence-electron chi connectivity index (χ2n) is 6.45. The Morgan fingerprint density at radius 2 is 1.83 bits per heavy atom. The summed E-state index contributed by atoms with van der Waals surface area (Å²) in [5, 5.41) is 6.37. The number of carbonyl (C=O) groups excluding carboxylic acids is 1. The molecule has 0 radical (unpaired) electrons. The molecule has 0 heterocycles. The molecule has 29 heavy (non-hydrogen) atoms. The maximum absolute atomic E-state index is 13.2. The number of carbonyl (C=O) groups is 1. The van der Waals surface area contributed by atoms with E-state index in [9.17, 15) is 9.18 Å². The van der Waals surface area contributed by atoms with Crippen molar-refractivity contribution >= 4 is 40.5 Å². The number of amides is 1. The van der Waals surface area contributed by atoms with Gasteiger partial charge in [-0.25, -0.2) is 4.39 Å². The van der Waals surface area contributed by atoms with E-state index in [1.807, 2.05) is 37.3 Å². The molecule has 1 amide bonds. The molecular formula is C22H19Cl2FN2O2. The van der Waals surface area contributed by atoms with Crippen LogP contribution in [0.25, 0.3) is 0 Å². The summed E-state index contributed by atoms with van der Waals surface area (Å²) in [6.45, 7) is 2.27. The van der Waals surface area contributed by atoms with Gasteiger partial charge in [0.15, 0.2) is 6.61 Å². The van der Waals surface area contributed by atoms with Crippen molar-refractivity contribution in [2.45, 2.75) is 13.5 Å². The van der Waals surface area contributed by atoms with Crippen LogP contribution in [0.15, 0.2) is 60.7 Å². The number of ether oxygens (including phenoxy) is 1. The van der Waals surface area contributed by atoms with E-state index in [2.05, 4.69) is 10.6 Å². The van der Waals surface area contributed by atoms with Crippen LogP contribution in [0.2, 0.25) is 10.0 Å². The summed E-state index contributed by atoms with van der Waals surface area (Å²) in [5.41, 5.74) is 3.36. The number of nitrogens with one attached hydrogen (secondary N) is 2. The van der Waals surface area contributed by atoms with Crippen molar-refractivity contribution in [1.29, 1.82) is 0 Å². The van der Waals surface area contributed by atoms with Gasteiger partial charge in [0.2, 0.25) is 0 Å². The van der Waals surface area contributed by atoms with Crippen molar-refractivity contribution in [2.75, 3.05) is 17.2 Å². The highest BCUT2D eigenvalue weighted by Gasteiger charge is 2.08. The van der Waals surface area contributed by atoms with Crippen LogP contribution < -0.4 is 15.4 Å². The molecule has 0 atom stereocenters. The van der Waals surface area contributed by atoms with Crippen LogP contribution in [0, 0.1) is 12.7 Å². The molecule has 0 spiro atoms. The number of benzene rings is 3. The molecule has 3 rings (SSSR count). The Kier molecular flexibility index (Phi) is 6.96. The average Bonchev–Trinajstić information content (AvgIpc) is 2.68. The van der Waals surface area contributed by atoms with Gasteiger partial charge >= 0.3 is 0 Å². The summed E-state index contributed by atoms with van der Waals surface area (Å²) in [4.78, 5) is 12.1. The van der Waals surface area contributed by atoms with Gasteiger partial charge in [0.05, 0.1) is 10.0 Å². The average molecular weight is 433 g/mol. The Bertz CT molecular complexity index is 1030. The van der Waals surface area contributed by atoms with E-state index in [1.54, 1.807) is 18.2 Å². The Morgan fingerprint density at radius 1 is 1.00 bits per heavy atom. The minimum absolute atomic E-state index is 0.0562. The van der Waals surface area contributed by atoms with Gasteiger partial charge in [0.1, 0.15) is 11.6 Å². The van der Waals surface area contributed by atoms with Crippen LogP contribution in [0.1, 0.15) is 11.1 Å². The molecule has 0 bridgehead atoms. The third-order valence-electron chi connectivity index (χ3n) is 4.07. The molecule has 0 aliphatic heterocycles. The highest BCUT2D eigenvalue weighted by Crippen LogP contribution is 2.26. The third kappa shape index (κ3) is 6.11. The quantitative estimate of drug-likeness (QED) is 0.476. The summed E-state index contributed by atoms with van der Waals surface area (Å²) >= 11 is 12.0. The summed E-state index contributed by atoms with van der Waals surface area (Å²) < 4.78 is 18.7. The van der Waals surface area contributed by atoms with Gasteiger partial charge in [-0.1, -0.05) is 41.4 Å². The van der Waals surface area contributed by atoms with E-state index in [0.29, 0.717) is 28.7 Å². The summed E-state index contributed by atoms with van der Waals surface area (Å²) in [6.07, 6.45) is 0. The topological polar surface area (TPSA) is 50.4 Å². The van der Waals surface area contributed by atoms with Crippen LogP contribution >= 0.6 is 23.2 Å². The van der Waals surface area contributed by atoms with Crippen LogP contribution in [0.3, 0.4) is 0 Å². The van der Waals surface area contributed by atoms with Crippen LogP contribution in [0.4, 0.5) is 15.8 Å². The SMILES string of the molecule is Cc1cccc(NC(=O)COc2ccc(CNc3ccc(F)c(Cl)c3)cc2Cl)c1. The summed E-state index contributed by atoms with van der Waals surface area (Å²) in [7, 11) is 0. The standard InChI is InChI=1S/C22H19Cl2FN2O2/c1-14-3-2-4-17(9-14)27-22(28)13-29-21-8-5-15(10-19(21)24)12-26-16-6-7-20(25)18(23)11-16/h2-11,26H,12-13H2,1H3,(H,27,28). The number of anilines is 2. The molecule has 0 saturated heterocycles. The Morgan fingerprint density at radius 3 is 2.55 bits per heavy atom. The van der Waals surface area contributed by atoms with Gasteiger partial charge in [-0.3, -0.25) is 4.79 Å². The smallest absolute Gasteiger partial charge is 0.262 e. The fourth-order valence-electron chi connectivity index (χ4n) is 2.64. The molecule has 3 aromatic carbocycles. The maximum Gasteiger partial charge on any atom is 0.262 e. The monoisotopic (exact) mass is 432 g/mol. The first-order valence-electron chi connectivity index (χ1n) is 8.87.